The van der Waals surface area contributed by atoms with E-state index in [0.717, 1.165) is 23.3 Å². The maximum Gasteiger partial charge on any atom is 0.422 e. The molecule has 2 aromatic carbocycles. The Kier molecular flexibility index (Phi) is 10.5. The highest BCUT2D eigenvalue weighted by Crippen LogP contribution is 2.45. The second-order valence-corrected chi connectivity index (χ2v) is 14.0. The molecule has 1 atom stereocenters. The van der Waals surface area contributed by atoms with Gasteiger partial charge < -0.3 is 15.0 Å². The van der Waals surface area contributed by atoms with Crippen LogP contribution in [0.4, 0.5) is 23.2 Å². The first-order chi connectivity index (χ1) is 19.3. The molecule has 1 amide bonds. The molecule has 2 aromatic rings. The van der Waals surface area contributed by atoms with Crippen LogP contribution in [0.5, 0.6) is 5.75 Å². The van der Waals surface area contributed by atoms with Gasteiger partial charge in [0, 0.05) is 11.7 Å². The summed E-state index contributed by atoms with van der Waals surface area (Å²) in [7, 11) is -0.0635. The number of rotatable bonds is 9. The summed E-state index contributed by atoms with van der Waals surface area (Å²) >= 11 is 0. The lowest BCUT2D eigenvalue weighted by molar-refractivity contribution is -0.153. The fraction of sp³-hybridized carbons (Fsp3) is 0.483. The number of benzene rings is 2. The van der Waals surface area contributed by atoms with E-state index in [9.17, 15) is 31.9 Å². The number of hydrogen-bond acceptors (Lipinski definition) is 7. The van der Waals surface area contributed by atoms with Crippen molar-refractivity contribution in [2.75, 3.05) is 44.1 Å². The molecule has 0 radical (unpaired) electrons. The Morgan fingerprint density at radius 1 is 1.14 bits per heavy atom. The van der Waals surface area contributed by atoms with E-state index in [1.165, 1.54) is 4.90 Å². The van der Waals surface area contributed by atoms with Crippen molar-refractivity contribution in [3.05, 3.63) is 58.9 Å². The van der Waals surface area contributed by atoms with Gasteiger partial charge in [-0.25, -0.2) is 4.39 Å². The minimum atomic E-state index is -4.73. The van der Waals surface area contributed by atoms with Crippen LogP contribution in [0.15, 0.2) is 41.4 Å². The van der Waals surface area contributed by atoms with Gasteiger partial charge in [-0.15, -0.1) is 0 Å². The smallest absolute Gasteiger partial charge is 0.422 e. The third kappa shape index (κ3) is 9.79. The number of nitrogens with zero attached hydrogens (tertiary/aromatic N) is 2. The number of ketones is 1. The molecular weight excluding hydrogens is 578 g/mol. The number of alkyl halides is 3. The van der Waals surface area contributed by atoms with E-state index in [2.05, 4.69) is 31.1 Å². The van der Waals surface area contributed by atoms with Gasteiger partial charge in [0.2, 0.25) is 5.91 Å². The average molecular weight is 616 g/mol. The van der Waals surface area contributed by atoms with Crippen molar-refractivity contribution in [3.8, 4) is 5.75 Å². The zero-order valence-electron chi connectivity index (χ0n) is 24.2. The summed E-state index contributed by atoms with van der Waals surface area (Å²) < 4.78 is 79.9. The van der Waals surface area contributed by atoms with E-state index in [1.807, 2.05) is 24.3 Å². The minimum Gasteiger partial charge on any atom is -0.482 e. The number of anilines is 1. The number of Topliss-reactive ketones (excluding diaryl/α,β-unsaturated/α-hetero) is 1. The Morgan fingerprint density at radius 3 is 2.45 bits per heavy atom. The molecule has 1 saturated heterocycles. The summed E-state index contributed by atoms with van der Waals surface area (Å²) in [6, 6.07) is 9.79. The molecule has 0 aliphatic carbocycles. The van der Waals surface area contributed by atoms with E-state index in [0.29, 0.717) is 0 Å². The Balaban J connectivity index is 1.88. The van der Waals surface area contributed by atoms with Crippen molar-refractivity contribution >= 4 is 33.7 Å². The second kappa shape index (κ2) is 13.1. The lowest BCUT2D eigenvalue weighted by Gasteiger charge is -2.39. The zero-order chi connectivity index (χ0) is 31.5. The molecule has 0 bridgehead atoms. The molecule has 232 valence electrons. The number of nitrogens with one attached hydrogen (secondary N) is 1. The highest BCUT2D eigenvalue weighted by Gasteiger charge is 2.37. The number of halogens is 4. The lowest BCUT2D eigenvalue weighted by Crippen LogP contribution is -2.40. The van der Waals surface area contributed by atoms with Crippen molar-refractivity contribution in [2.45, 2.75) is 45.3 Å². The summed E-state index contributed by atoms with van der Waals surface area (Å²) in [5, 5.41) is 2.24. The van der Waals surface area contributed by atoms with Crippen molar-refractivity contribution in [3.63, 3.8) is 0 Å². The van der Waals surface area contributed by atoms with Gasteiger partial charge in [-0.2, -0.15) is 23.8 Å². The zero-order valence-corrected chi connectivity index (χ0v) is 25.0. The molecule has 3 N–H and O–H groups in total. The van der Waals surface area contributed by atoms with Crippen LogP contribution in [-0.2, 0) is 28.0 Å². The van der Waals surface area contributed by atoms with Crippen LogP contribution in [0.2, 0.25) is 0 Å². The van der Waals surface area contributed by atoms with Gasteiger partial charge in [-0.1, -0.05) is 45.0 Å². The van der Waals surface area contributed by atoms with Gasteiger partial charge in [0.25, 0.3) is 0 Å². The first-order valence-electron chi connectivity index (χ1n) is 13.2. The van der Waals surface area contributed by atoms with E-state index >= 15 is 4.39 Å². The number of ether oxygens (including phenoxy) is 1. The molecule has 1 aliphatic heterocycles. The van der Waals surface area contributed by atoms with Crippen LogP contribution < -0.4 is 10.1 Å². The summed E-state index contributed by atoms with van der Waals surface area (Å²) in [5.41, 5.74) is 1.32. The fourth-order valence-corrected chi connectivity index (χ4v) is 6.18. The molecule has 42 heavy (non-hydrogen) atoms. The van der Waals surface area contributed by atoms with Crippen molar-refractivity contribution in [2.24, 2.45) is 10.9 Å². The number of aliphatic imine (C=N–C) groups is 1. The van der Waals surface area contributed by atoms with Gasteiger partial charge >= 0.3 is 6.18 Å². The summed E-state index contributed by atoms with van der Waals surface area (Å²) in [6.07, 6.45) is -4.94. The van der Waals surface area contributed by atoms with E-state index in [-0.39, 0.29) is 47.7 Å². The molecule has 8 nitrogen and oxygen atoms in total. The van der Waals surface area contributed by atoms with Crippen LogP contribution in [-0.4, -0.2) is 76.3 Å². The minimum absolute atomic E-state index is 0.00556. The van der Waals surface area contributed by atoms with Crippen LogP contribution in [0.1, 0.15) is 37.5 Å². The van der Waals surface area contributed by atoms with Crippen LogP contribution in [0, 0.1) is 11.7 Å². The molecule has 0 aromatic heterocycles. The van der Waals surface area contributed by atoms with Crippen molar-refractivity contribution in [1.29, 1.82) is 0 Å². The summed E-state index contributed by atoms with van der Waals surface area (Å²) in [6.45, 7) is 4.44. The standard InChI is InChI=1S/C29H37F4N3O5S/c1-28(2,3)21-8-6-7-18(10-21)13-34-23-16-42(39,40)15-20(27(23)38)9-19-11-22(30)26(35-25(37)14-36(4)5)24(12-19)41-17-29(31,32)33/h6-8,10-12,20,39-40H,9,13-17H2,1-5H3,(H,35,37)/t20-/m1/s1. The number of carbonyl (C=O) groups excluding carboxylic acids is 2. The molecule has 1 fully saturated rings. The predicted molar refractivity (Wildman–Crippen MR) is 156 cm³/mol. The van der Waals surface area contributed by atoms with Gasteiger partial charge in [0.05, 0.1) is 24.6 Å². The van der Waals surface area contributed by atoms with Crippen LogP contribution in [0.25, 0.3) is 0 Å². The topological polar surface area (TPSA) is 111 Å². The van der Waals surface area contributed by atoms with Crippen LogP contribution >= 0.6 is 10.6 Å². The van der Waals surface area contributed by atoms with Gasteiger partial charge in [0.1, 0.15) is 11.4 Å². The highest BCUT2D eigenvalue weighted by atomic mass is 32.3. The molecule has 1 aliphatic rings. The molecule has 0 spiro atoms. The van der Waals surface area contributed by atoms with Gasteiger partial charge in [-0.05, 0) is 54.8 Å². The first kappa shape index (κ1) is 33.5. The average Bonchev–Trinajstić information content (AvgIpc) is 2.84. The van der Waals surface area contributed by atoms with E-state index in [1.54, 1.807) is 14.1 Å². The van der Waals surface area contributed by atoms with E-state index < -0.39 is 58.2 Å². The number of likely N-dealkylation sites (N-methyl/N-ethyl adjacent to an activating group) is 1. The normalized spacial score (nSPS) is 19.2. The SMILES string of the molecule is CN(C)CC(=O)Nc1c(F)cc(C[C@@H]2CS(O)(O)CC(=NCc3cccc(C(C)(C)C)c3)C2=O)cc1OCC(F)(F)F. The monoisotopic (exact) mass is 615 g/mol. The summed E-state index contributed by atoms with van der Waals surface area (Å²) in [4.78, 5) is 31.4. The molecule has 13 heteroatoms. The van der Waals surface area contributed by atoms with E-state index in [4.69, 9.17) is 4.74 Å². The molecule has 0 saturated carbocycles. The molecule has 0 unspecified atom stereocenters. The number of hydrogen-bond donors (Lipinski definition) is 3. The van der Waals surface area contributed by atoms with Crippen molar-refractivity contribution in [1.82, 2.24) is 4.90 Å². The number of carbonyl (C=O) groups is 2. The lowest BCUT2D eigenvalue weighted by atomic mass is 9.86. The Hall–Kier alpha value is -3.00. The highest BCUT2D eigenvalue weighted by molar-refractivity contribution is 8.25. The predicted octanol–water partition coefficient (Wildman–Crippen LogP) is 5.70. The largest absolute Gasteiger partial charge is 0.482 e. The summed E-state index contributed by atoms with van der Waals surface area (Å²) in [5.74, 6) is -4.36. The maximum absolute atomic E-state index is 15.1. The molecule has 3 rings (SSSR count). The Labute approximate surface area is 244 Å². The van der Waals surface area contributed by atoms with Crippen molar-refractivity contribution < 1.29 is 41.0 Å². The third-order valence-corrected chi connectivity index (χ3v) is 8.12. The fourth-order valence-electron chi connectivity index (χ4n) is 4.48. The second-order valence-electron chi connectivity index (χ2n) is 11.7. The van der Waals surface area contributed by atoms with Gasteiger partial charge in [0.15, 0.2) is 18.2 Å². The molecular formula is C29H37F4N3O5S. The Morgan fingerprint density at radius 2 is 1.83 bits per heavy atom. The van der Waals surface area contributed by atoms with Gasteiger partial charge in [-0.3, -0.25) is 23.7 Å². The maximum atomic E-state index is 15.1. The number of amides is 1. The quantitative estimate of drug-likeness (QED) is 0.312. The third-order valence-electron chi connectivity index (χ3n) is 6.45. The Bertz CT molecular complexity index is 1340. The van der Waals surface area contributed by atoms with Crippen LogP contribution in [0.3, 0.4) is 0 Å². The molecule has 1 heterocycles. The first-order valence-corrected chi connectivity index (χ1v) is 15.1.